The molecule has 4 rings (SSSR count). The molecule has 42 heavy (non-hydrogen) atoms. The summed E-state index contributed by atoms with van der Waals surface area (Å²) in [5, 5.41) is 2.53. The summed E-state index contributed by atoms with van der Waals surface area (Å²) in [5.41, 5.74) is 0.674. The smallest absolute Gasteiger partial charge is 0.257 e. The van der Waals surface area contributed by atoms with Gasteiger partial charge in [0.05, 0.1) is 6.04 Å². The molecule has 2 aromatic carbocycles. The minimum absolute atomic E-state index is 0. The fourth-order valence-electron chi connectivity index (χ4n) is 4.51. The van der Waals surface area contributed by atoms with E-state index in [-0.39, 0.29) is 132 Å². The van der Waals surface area contributed by atoms with E-state index in [0.29, 0.717) is 19.3 Å². The largest absolute Gasteiger partial charge is 0.483 e. The molecule has 1 aromatic heterocycles. The quantitative estimate of drug-likeness (QED) is 0.257. The third-order valence-electron chi connectivity index (χ3n) is 6.60. The van der Waals surface area contributed by atoms with Crippen molar-refractivity contribution in [3.05, 3.63) is 111 Å². The molecule has 2 heterocycles. The Morgan fingerprint density at radius 3 is 2.50 bits per heavy atom. The van der Waals surface area contributed by atoms with Crippen LogP contribution in [0.1, 0.15) is 64.7 Å². The van der Waals surface area contributed by atoms with Crippen molar-refractivity contribution in [2.45, 2.75) is 45.9 Å². The topological polar surface area (TPSA) is 80.6 Å². The van der Waals surface area contributed by atoms with E-state index in [1.165, 1.54) is 12.3 Å². The van der Waals surface area contributed by atoms with Gasteiger partial charge in [0.15, 0.2) is 12.0 Å². The number of nitrogens with one attached hydrogen (secondary N) is 1. The molecule has 2 radical (unpaired) electrons. The van der Waals surface area contributed by atoms with Crippen LogP contribution in [0.5, 0.6) is 5.75 Å². The molecule has 1 atom stereocenters. The number of likely N-dealkylation sites (tertiary alicyclic amines) is 1. The Labute approximate surface area is 319 Å². The molecule has 216 valence electrons. The van der Waals surface area contributed by atoms with Gasteiger partial charge in [0.25, 0.3) is 5.91 Å². The molecule has 0 spiro atoms. The summed E-state index contributed by atoms with van der Waals surface area (Å²) in [7, 11) is 1.95. The van der Waals surface area contributed by atoms with E-state index in [1.807, 2.05) is 51.2 Å². The van der Waals surface area contributed by atoms with Gasteiger partial charge in [-0.1, -0.05) is 62.4 Å². The summed E-state index contributed by atoms with van der Waals surface area (Å²) in [6, 6.07) is 11.8. The molecule has 0 aliphatic carbocycles. The summed E-state index contributed by atoms with van der Waals surface area (Å²) in [6.45, 7) is 9.29. The van der Waals surface area contributed by atoms with Crippen LogP contribution in [0.25, 0.3) is 0 Å². The monoisotopic (exact) mass is 867 g/mol. The molecule has 1 aliphatic rings. The Balaban J connectivity index is 0.00000216. The second-order valence-electron chi connectivity index (χ2n) is 9.34. The summed E-state index contributed by atoms with van der Waals surface area (Å²) in [5.74, 6) is -2.58. The molecule has 11 heteroatoms. The Morgan fingerprint density at radius 2 is 1.86 bits per heavy atom. The fraction of sp³-hybridized carbons (Fsp3) is 0.323. The van der Waals surface area contributed by atoms with Gasteiger partial charge in [0.1, 0.15) is 29.5 Å². The van der Waals surface area contributed by atoms with Crippen molar-refractivity contribution in [3.63, 3.8) is 0 Å². The minimum Gasteiger partial charge on any atom is -0.483 e. The molecule has 1 fully saturated rings. The van der Waals surface area contributed by atoms with Crippen molar-refractivity contribution in [2.75, 3.05) is 20.1 Å². The summed E-state index contributed by atoms with van der Waals surface area (Å²) in [6.07, 6.45) is 3.49. The maximum absolute atomic E-state index is 14.1. The molecule has 7 nitrogen and oxygen atoms in total. The van der Waals surface area contributed by atoms with E-state index in [0.717, 1.165) is 36.2 Å². The molecule has 3 aromatic rings. The van der Waals surface area contributed by atoms with Crippen LogP contribution in [0.2, 0.25) is 0 Å². The second kappa shape index (κ2) is 19.2. The van der Waals surface area contributed by atoms with E-state index in [1.54, 1.807) is 4.57 Å². The van der Waals surface area contributed by atoms with Crippen LogP contribution in [0.3, 0.4) is 0 Å². The SMILES string of the molecule is C=C1CCCN(C)CC1n1cc(C(=O)NCc2ccc(F)cc2F)c(=O)c(OCc2ccccc2)c1C=O.CC.[Pa].[Rb]. The zero-order valence-corrected chi connectivity index (χ0v) is 34.4. The molecule has 1 unspecified atom stereocenters. The van der Waals surface area contributed by atoms with Crippen LogP contribution in [-0.4, -0.2) is 100.0 Å². The van der Waals surface area contributed by atoms with Crippen molar-refractivity contribution in [1.82, 2.24) is 14.8 Å². The first-order valence-electron chi connectivity index (χ1n) is 13.3. The van der Waals surface area contributed by atoms with Gasteiger partial charge in [-0.2, -0.15) is 0 Å². The summed E-state index contributed by atoms with van der Waals surface area (Å²) >= 11 is 0. The third-order valence-corrected chi connectivity index (χ3v) is 6.60. The molecule has 1 aliphatic heterocycles. The van der Waals surface area contributed by atoms with Gasteiger partial charge in [-0.05, 0) is 38.1 Å². The Morgan fingerprint density at radius 1 is 1.17 bits per heavy atom. The first-order valence-corrected chi connectivity index (χ1v) is 13.3. The number of carbonyl (C=O) groups is 2. The average Bonchev–Trinajstić information content (AvgIpc) is 3.12. The van der Waals surface area contributed by atoms with Crippen molar-refractivity contribution in [3.8, 4) is 5.75 Å². The van der Waals surface area contributed by atoms with E-state index in [9.17, 15) is 23.2 Å². The van der Waals surface area contributed by atoms with Crippen molar-refractivity contribution in [1.29, 1.82) is 0 Å². The molecular formula is C31H35F2N3O4PaRb. The molecule has 1 amide bonds. The van der Waals surface area contributed by atoms with Crippen LogP contribution in [-0.2, 0) is 13.2 Å². The van der Waals surface area contributed by atoms with Crippen LogP contribution in [0, 0.1) is 43.9 Å². The van der Waals surface area contributed by atoms with Crippen LogP contribution < -0.4 is 15.5 Å². The Kier molecular flexibility index (Phi) is 17.8. The van der Waals surface area contributed by atoms with Gasteiger partial charge in [0, 0.05) is 121 Å². The van der Waals surface area contributed by atoms with Gasteiger partial charge >= 0.3 is 0 Å². The average molecular weight is 868 g/mol. The zero-order valence-electron chi connectivity index (χ0n) is 24.7. The van der Waals surface area contributed by atoms with E-state index in [4.69, 9.17) is 4.74 Å². The number of rotatable bonds is 8. The van der Waals surface area contributed by atoms with Gasteiger partial charge in [-0.15, -0.1) is 0 Å². The number of halogens is 2. The van der Waals surface area contributed by atoms with Crippen LogP contribution in [0.4, 0.5) is 8.78 Å². The van der Waals surface area contributed by atoms with E-state index in [2.05, 4.69) is 16.8 Å². The molecule has 1 saturated heterocycles. The maximum atomic E-state index is 14.1. The van der Waals surface area contributed by atoms with E-state index < -0.39 is 23.0 Å². The molecule has 1 N–H and O–H groups in total. The number of nitrogens with zero attached hydrogens (tertiary/aromatic N) is 2. The number of carbonyl (C=O) groups excluding carboxylic acids is 2. The van der Waals surface area contributed by atoms with E-state index >= 15 is 0 Å². The number of hydrogen-bond donors (Lipinski definition) is 1. The predicted molar refractivity (Wildman–Crippen MR) is 156 cm³/mol. The summed E-state index contributed by atoms with van der Waals surface area (Å²) < 4.78 is 34.8. The van der Waals surface area contributed by atoms with Gasteiger partial charge < -0.3 is 19.5 Å². The van der Waals surface area contributed by atoms with Crippen molar-refractivity contribution in [2.24, 2.45) is 0 Å². The number of pyridine rings is 1. The minimum atomic E-state index is -0.816. The zero-order chi connectivity index (χ0) is 29.2. The first kappa shape index (κ1) is 38.8. The molecular weight excluding hydrogens is 833 g/mol. The predicted octanol–water partition coefficient (Wildman–Crippen LogP) is 4.92. The van der Waals surface area contributed by atoms with Crippen molar-refractivity contribution < 1.29 is 55.4 Å². The maximum Gasteiger partial charge on any atom is 0.257 e. The van der Waals surface area contributed by atoms with Crippen molar-refractivity contribution >= 4 is 70.4 Å². The third kappa shape index (κ3) is 10.2. The molecule has 0 bridgehead atoms. The number of hydrogen-bond acceptors (Lipinski definition) is 5. The second-order valence-corrected chi connectivity index (χ2v) is 9.34. The standard InChI is InChI=1S/C29H29F2N3O4.C2H6.Pa.Rb/c1-19-7-6-12-33(2)16-25(19)34-15-23(29(37)32-14-21-10-11-22(30)13-24(21)31)27(36)28(26(34)17-35)38-18-20-8-4-3-5-9-20;1-2;;/h3-5,8-11,13,15,17,25H,1,6-7,12,14,16,18H2,2H3,(H,32,37);1-2H3;;. The number of ether oxygens (including phenoxy) is 1. The number of aromatic nitrogens is 1. The molecule has 0 saturated carbocycles. The Hall–Kier alpha value is -1.21. The van der Waals surface area contributed by atoms with Crippen LogP contribution >= 0.6 is 0 Å². The number of benzene rings is 2. The number of likely N-dealkylation sites (N-methyl/N-ethyl adjacent to an activating group) is 1. The normalized spacial score (nSPS) is 14.7. The van der Waals surface area contributed by atoms with Crippen LogP contribution in [0.15, 0.2) is 71.7 Å². The first-order chi connectivity index (χ1) is 19.3. The van der Waals surface area contributed by atoms with Gasteiger partial charge in [-0.3, -0.25) is 14.4 Å². The number of amides is 1. The fourth-order valence-corrected chi connectivity index (χ4v) is 4.51. The Bertz CT molecular complexity index is 1420. The number of aldehydes is 1. The van der Waals surface area contributed by atoms with Gasteiger partial charge in [-0.25, -0.2) is 8.78 Å². The summed E-state index contributed by atoms with van der Waals surface area (Å²) in [4.78, 5) is 41.1. The van der Waals surface area contributed by atoms with Gasteiger partial charge in [0.2, 0.25) is 5.43 Å².